The molecule has 5 nitrogen and oxygen atoms in total. The summed E-state index contributed by atoms with van der Waals surface area (Å²) in [4.78, 5) is 14.5. The number of benzene rings is 1. The average molecular weight is 194 g/mol. The summed E-state index contributed by atoms with van der Waals surface area (Å²) in [5, 5.41) is 14.1. The molecule has 0 aliphatic heterocycles. The Balaban J connectivity index is 2.94. The van der Waals surface area contributed by atoms with Crippen molar-refractivity contribution in [1.82, 2.24) is 0 Å². The smallest absolute Gasteiger partial charge is 0.269 e. The van der Waals surface area contributed by atoms with Crippen molar-refractivity contribution < 1.29 is 9.76 Å². The third kappa shape index (κ3) is 2.29. The van der Waals surface area contributed by atoms with Crippen molar-refractivity contribution in [3.05, 3.63) is 39.9 Å². The van der Waals surface area contributed by atoms with E-state index in [2.05, 4.69) is 9.99 Å². The van der Waals surface area contributed by atoms with Crippen LogP contribution in [-0.4, -0.2) is 17.7 Å². The molecule has 0 fully saturated rings. The lowest BCUT2D eigenvalue weighted by Gasteiger charge is -1.98. The SMILES string of the molecule is CO/N=C(\C)c1ccc([N+](=O)[O-])cc1. The van der Waals surface area contributed by atoms with Crippen LogP contribution in [0.15, 0.2) is 29.4 Å². The fourth-order valence-electron chi connectivity index (χ4n) is 1.01. The number of nitro groups is 1. The molecule has 0 amide bonds. The molecule has 74 valence electrons. The fraction of sp³-hybridized carbons (Fsp3) is 0.222. The number of oxime groups is 1. The van der Waals surface area contributed by atoms with Gasteiger partial charge in [0.25, 0.3) is 5.69 Å². The zero-order valence-electron chi connectivity index (χ0n) is 7.93. The number of hydrogen-bond donors (Lipinski definition) is 0. The number of nitrogens with zero attached hydrogens (tertiary/aromatic N) is 2. The van der Waals surface area contributed by atoms with Crippen LogP contribution in [0.2, 0.25) is 0 Å². The molecule has 0 unspecified atom stereocenters. The quantitative estimate of drug-likeness (QED) is 0.419. The highest BCUT2D eigenvalue weighted by Gasteiger charge is 2.05. The first-order valence-electron chi connectivity index (χ1n) is 3.97. The third-order valence-corrected chi connectivity index (χ3v) is 1.72. The van der Waals surface area contributed by atoms with Crippen molar-refractivity contribution >= 4 is 11.4 Å². The summed E-state index contributed by atoms with van der Waals surface area (Å²) in [5.41, 5.74) is 1.55. The van der Waals surface area contributed by atoms with Gasteiger partial charge in [-0.3, -0.25) is 10.1 Å². The predicted octanol–water partition coefficient (Wildman–Crippen LogP) is 1.97. The van der Waals surface area contributed by atoms with Crippen LogP contribution in [0.3, 0.4) is 0 Å². The molecular formula is C9H10N2O3. The fourth-order valence-corrected chi connectivity index (χ4v) is 1.01. The van der Waals surface area contributed by atoms with Crippen LogP contribution in [0.4, 0.5) is 5.69 Å². The largest absolute Gasteiger partial charge is 0.399 e. The van der Waals surface area contributed by atoms with E-state index in [0.717, 1.165) is 5.56 Å². The van der Waals surface area contributed by atoms with Gasteiger partial charge < -0.3 is 4.84 Å². The Kier molecular flexibility index (Phi) is 3.17. The summed E-state index contributed by atoms with van der Waals surface area (Å²) in [6.07, 6.45) is 0. The zero-order valence-corrected chi connectivity index (χ0v) is 7.93. The molecule has 0 aromatic heterocycles. The minimum absolute atomic E-state index is 0.0685. The Morgan fingerprint density at radius 1 is 1.43 bits per heavy atom. The average Bonchev–Trinajstić information content (AvgIpc) is 2.18. The number of rotatable bonds is 3. The molecule has 0 aliphatic carbocycles. The summed E-state index contributed by atoms with van der Waals surface area (Å²) in [5.74, 6) is 0. The molecule has 14 heavy (non-hydrogen) atoms. The second kappa shape index (κ2) is 4.36. The summed E-state index contributed by atoms with van der Waals surface area (Å²) in [6, 6.07) is 6.14. The van der Waals surface area contributed by atoms with E-state index in [1.165, 1.54) is 19.2 Å². The van der Waals surface area contributed by atoms with E-state index in [0.29, 0.717) is 5.71 Å². The number of non-ortho nitro benzene ring substituents is 1. The van der Waals surface area contributed by atoms with Crippen molar-refractivity contribution in [3.63, 3.8) is 0 Å². The van der Waals surface area contributed by atoms with Crippen LogP contribution >= 0.6 is 0 Å². The van der Waals surface area contributed by atoms with Gasteiger partial charge in [-0.2, -0.15) is 0 Å². The van der Waals surface area contributed by atoms with Gasteiger partial charge in [0.1, 0.15) is 7.11 Å². The first-order valence-corrected chi connectivity index (χ1v) is 3.97. The van der Waals surface area contributed by atoms with Gasteiger partial charge in [-0.05, 0) is 24.6 Å². The van der Waals surface area contributed by atoms with E-state index < -0.39 is 4.92 Å². The normalized spacial score (nSPS) is 11.1. The van der Waals surface area contributed by atoms with Crippen LogP contribution in [-0.2, 0) is 4.84 Å². The first-order chi connectivity index (χ1) is 6.65. The van der Waals surface area contributed by atoms with E-state index in [-0.39, 0.29) is 5.69 Å². The molecule has 0 heterocycles. The van der Waals surface area contributed by atoms with Gasteiger partial charge in [-0.15, -0.1) is 0 Å². The molecule has 1 aromatic rings. The van der Waals surface area contributed by atoms with Crippen molar-refractivity contribution in [2.45, 2.75) is 6.92 Å². The Bertz CT molecular complexity index is 357. The maximum Gasteiger partial charge on any atom is 0.269 e. The molecule has 0 radical (unpaired) electrons. The lowest BCUT2D eigenvalue weighted by Crippen LogP contribution is -1.95. The van der Waals surface area contributed by atoms with Crippen molar-refractivity contribution in [1.29, 1.82) is 0 Å². The minimum Gasteiger partial charge on any atom is -0.399 e. The van der Waals surface area contributed by atoms with Crippen LogP contribution in [0.5, 0.6) is 0 Å². The van der Waals surface area contributed by atoms with Crippen LogP contribution in [0, 0.1) is 10.1 Å². The zero-order chi connectivity index (χ0) is 10.6. The van der Waals surface area contributed by atoms with Gasteiger partial charge in [-0.25, -0.2) is 0 Å². The Hall–Kier alpha value is -1.91. The Labute approximate surface area is 81.1 Å². The van der Waals surface area contributed by atoms with E-state index in [9.17, 15) is 10.1 Å². The van der Waals surface area contributed by atoms with Gasteiger partial charge in [-0.1, -0.05) is 5.16 Å². The summed E-state index contributed by atoms with van der Waals surface area (Å²) in [6.45, 7) is 1.77. The van der Waals surface area contributed by atoms with E-state index in [1.807, 2.05) is 0 Å². The molecule has 0 atom stereocenters. The van der Waals surface area contributed by atoms with E-state index in [4.69, 9.17) is 0 Å². The second-order valence-corrected chi connectivity index (χ2v) is 2.66. The topological polar surface area (TPSA) is 64.7 Å². The summed E-state index contributed by atoms with van der Waals surface area (Å²) >= 11 is 0. The Morgan fingerprint density at radius 3 is 2.43 bits per heavy atom. The van der Waals surface area contributed by atoms with Crippen LogP contribution in [0.1, 0.15) is 12.5 Å². The lowest BCUT2D eigenvalue weighted by molar-refractivity contribution is -0.384. The van der Waals surface area contributed by atoms with E-state index >= 15 is 0 Å². The molecule has 1 aromatic carbocycles. The predicted molar refractivity (Wildman–Crippen MR) is 52.3 cm³/mol. The number of nitro benzene ring substituents is 1. The number of hydrogen-bond acceptors (Lipinski definition) is 4. The monoisotopic (exact) mass is 194 g/mol. The molecule has 0 saturated carbocycles. The van der Waals surface area contributed by atoms with Crippen LogP contribution < -0.4 is 0 Å². The maximum absolute atomic E-state index is 10.4. The highest BCUT2D eigenvalue weighted by Crippen LogP contribution is 2.12. The van der Waals surface area contributed by atoms with Crippen LogP contribution in [0.25, 0.3) is 0 Å². The van der Waals surface area contributed by atoms with E-state index in [1.54, 1.807) is 19.1 Å². The molecular weight excluding hydrogens is 184 g/mol. The highest BCUT2D eigenvalue weighted by molar-refractivity contribution is 5.98. The Morgan fingerprint density at radius 2 is 2.00 bits per heavy atom. The summed E-state index contributed by atoms with van der Waals surface area (Å²) < 4.78 is 0. The first kappa shape index (κ1) is 10.2. The molecule has 0 bridgehead atoms. The highest BCUT2D eigenvalue weighted by atomic mass is 16.6. The van der Waals surface area contributed by atoms with Gasteiger partial charge in [0, 0.05) is 12.1 Å². The molecule has 0 aliphatic rings. The van der Waals surface area contributed by atoms with Crippen molar-refractivity contribution in [3.8, 4) is 0 Å². The molecule has 0 saturated heterocycles. The lowest BCUT2D eigenvalue weighted by atomic mass is 10.1. The maximum atomic E-state index is 10.4. The second-order valence-electron chi connectivity index (χ2n) is 2.66. The molecule has 0 spiro atoms. The summed E-state index contributed by atoms with van der Waals surface area (Å²) in [7, 11) is 1.45. The molecule has 5 heteroatoms. The standard InChI is InChI=1S/C9H10N2O3/c1-7(10-14-2)8-3-5-9(6-4-8)11(12)13/h3-6H,1-2H3/b10-7+. The molecule has 1 rings (SSSR count). The van der Waals surface area contributed by atoms with Gasteiger partial charge in [0.2, 0.25) is 0 Å². The van der Waals surface area contributed by atoms with Gasteiger partial charge in [0.05, 0.1) is 10.6 Å². The molecule has 0 N–H and O–H groups in total. The van der Waals surface area contributed by atoms with Crippen molar-refractivity contribution in [2.75, 3.05) is 7.11 Å². The van der Waals surface area contributed by atoms with Crippen molar-refractivity contribution in [2.24, 2.45) is 5.16 Å². The minimum atomic E-state index is -0.438. The third-order valence-electron chi connectivity index (χ3n) is 1.72. The van der Waals surface area contributed by atoms with Gasteiger partial charge in [0.15, 0.2) is 0 Å². The van der Waals surface area contributed by atoms with Gasteiger partial charge >= 0.3 is 0 Å².